The topological polar surface area (TPSA) is 29.5 Å². The van der Waals surface area contributed by atoms with Crippen molar-refractivity contribution in [3.8, 4) is 0 Å². The Morgan fingerprint density at radius 3 is 1.89 bits per heavy atom. The lowest BCUT2D eigenvalue weighted by Crippen LogP contribution is -2.36. The minimum atomic E-state index is 0.00837. The lowest BCUT2D eigenvalue weighted by Gasteiger charge is -2.44. The Bertz CT molecular complexity index is 288. The molecular formula is C16H27IO2. The Kier molecular flexibility index (Phi) is 5.07. The van der Waals surface area contributed by atoms with E-state index in [0.29, 0.717) is 6.10 Å². The first-order valence-electron chi connectivity index (χ1n) is 8.21. The highest BCUT2D eigenvalue weighted by atomic mass is 127. The maximum atomic E-state index is 9.80. The van der Waals surface area contributed by atoms with Gasteiger partial charge in [0.1, 0.15) is 23.0 Å². The van der Waals surface area contributed by atoms with E-state index in [1.54, 1.807) is 0 Å². The second-order valence-corrected chi connectivity index (χ2v) is 7.69. The summed E-state index contributed by atoms with van der Waals surface area (Å²) in [7, 11) is 0. The first-order valence-corrected chi connectivity index (χ1v) is 9.09. The van der Waals surface area contributed by atoms with Crippen LogP contribution in [0.25, 0.3) is 0 Å². The van der Waals surface area contributed by atoms with Crippen molar-refractivity contribution in [3.63, 3.8) is 0 Å². The van der Waals surface area contributed by atoms with Gasteiger partial charge < -0.3 is 8.17 Å². The van der Waals surface area contributed by atoms with Crippen molar-refractivity contribution in [3.05, 3.63) is 0 Å². The normalized spacial score (nSPS) is 47.7. The first-order chi connectivity index (χ1) is 9.26. The molecule has 0 heterocycles. The van der Waals surface area contributed by atoms with E-state index in [2.05, 4.69) is 23.0 Å². The molecule has 4 atom stereocenters. The molecule has 0 aromatic heterocycles. The van der Waals surface area contributed by atoms with Crippen LogP contribution in [0.4, 0.5) is 0 Å². The van der Waals surface area contributed by atoms with Gasteiger partial charge in [0.25, 0.3) is 0 Å². The zero-order valence-corrected chi connectivity index (χ0v) is 13.9. The average Bonchev–Trinajstić information content (AvgIpc) is 2.47. The van der Waals surface area contributed by atoms with Gasteiger partial charge in [0, 0.05) is 0 Å². The van der Waals surface area contributed by atoms with Gasteiger partial charge >= 0.3 is 0 Å². The molecule has 2 nitrogen and oxygen atoms in total. The summed E-state index contributed by atoms with van der Waals surface area (Å²) in [6.45, 7) is 0. The predicted octanol–water partition coefficient (Wildman–Crippen LogP) is 4.49. The molecule has 0 aromatic carbocycles. The Morgan fingerprint density at radius 2 is 1.21 bits per heavy atom. The number of hydrogen-bond donors (Lipinski definition) is 1. The summed E-state index contributed by atoms with van der Waals surface area (Å²) in [5.74, 6) is 3.72. The predicted molar refractivity (Wildman–Crippen MR) is 85.0 cm³/mol. The number of halogens is 1. The molecule has 4 unspecified atom stereocenters. The molecule has 0 bridgehead atoms. The highest BCUT2D eigenvalue weighted by molar-refractivity contribution is 14.1. The van der Waals surface area contributed by atoms with Crippen LogP contribution in [0.15, 0.2) is 0 Å². The minimum Gasteiger partial charge on any atom is -0.393 e. The van der Waals surface area contributed by atoms with Crippen LogP contribution in [0.5, 0.6) is 0 Å². The summed E-state index contributed by atoms with van der Waals surface area (Å²) in [6.07, 6.45) is 13.6. The lowest BCUT2D eigenvalue weighted by atomic mass is 9.62. The Morgan fingerprint density at radius 1 is 0.684 bits per heavy atom. The van der Waals surface area contributed by atoms with E-state index in [0.717, 1.165) is 36.5 Å². The molecular weight excluding hydrogens is 351 g/mol. The smallest absolute Gasteiger partial charge is 0.110 e. The number of aliphatic hydroxyl groups excluding tert-OH is 1. The molecule has 3 aliphatic carbocycles. The number of hydrogen-bond acceptors (Lipinski definition) is 2. The maximum Gasteiger partial charge on any atom is 0.110 e. The van der Waals surface area contributed by atoms with Gasteiger partial charge in [-0.3, -0.25) is 0 Å². The SMILES string of the molecule is OC1CCC2CC(C3CCC(OI)CC3)CCC2C1. The van der Waals surface area contributed by atoms with Gasteiger partial charge in [-0.2, -0.15) is 0 Å². The molecule has 3 fully saturated rings. The van der Waals surface area contributed by atoms with Gasteiger partial charge in [-0.05, 0) is 87.9 Å². The van der Waals surface area contributed by atoms with Crippen LogP contribution >= 0.6 is 23.0 Å². The fraction of sp³-hybridized carbons (Fsp3) is 1.00. The van der Waals surface area contributed by atoms with Crippen LogP contribution in [0.2, 0.25) is 0 Å². The quantitative estimate of drug-likeness (QED) is 0.718. The molecule has 1 N–H and O–H groups in total. The summed E-state index contributed by atoms with van der Waals surface area (Å²) in [5, 5.41) is 9.80. The minimum absolute atomic E-state index is 0.00837. The third-order valence-electron chi connectivity index (χ3n) is 6.14. The van der Waals surface area contributed by atoms with E-state index in [9.17, 15) is 5.11 Å². The highest BCUT2D eigenvalue weighted by Crippen LogP contribution is 2.47. The third-order valence-corrected chi connectivity index (χ3v) is 6.86. The van der Waals surface area contributed by atoms with Crippen LogP contribution in [-0.4, -0.2) is 17.3 Å². The second kappa shape index (κ2) is 6.61. The summed E-state index contributed by atoms with van der Waals surface area (Å²) in [6, 6.07) is 0. The van der Waals surface area contributed by atoms with E-state index in [4.69, 9.17) is 3.07 Å². The van der Waals surface area contributed by atoms with Gasteiger partial charge in [-0.25, -0.2) is 0 Å². The van der Waals surface area contributed by atoms with Crippen molar-refractivity contribution in [1.82, 2.24) is 0 Å². The number of aliphatic hydroxyl groups is 1. The van der Waals surface area contributed by atoms with E-state index >= 15 is 0 Å². The van der Waals surface area contributed by atoms with E-state index in [1.807, 2.05) is 0 Å². The molecule has 3 rings (SSSR count). The molecule has 0 spiro atoms. The molecule has 0 saturated heterocycles. The fourth-order valence-corrected chi connectivity index (χ4v) is 5.49. The molecule has 3 saturated carbocycles. The molecule has 19 heavy (non-hydrogen) atoms. The van der Waals surface area contributed by atoms with E-state index in [-0.39, 0.29) is 6.10 Å². The van der Waals surface area contributed by atoms with Gasteiger partial charge in [0.2, 0.25) is 0 Å². The molecule has 0 aromatic rings. The summed E-state index contributed by atoms with van der Waals surface area (Å²) >= 11 is 2.07. The second-order valence-electron chi connectivity index (χ2n) is 7.19. The molecule has 3 aliphatic rings. The van der Waals surface area contributed by atoms with Crippen molar-refractivity contribution < 1.29 is 8.17 Å². The zero-order valence-electron chi connectivity index (χ0n) is 11.8. The van der Waals surface area contributed by atoms with Gasteiger partial charge in [-0.1, -0.05) is 0 Å². The average molecular weight is 378 g/mol. The molecule has 0 aliphatic heterocycles. The third kappa shape index (κ3) is 3.46. The van der Waals surface area contributed by atoms with Crippen LogP contribution in [0, 0.1) is 23.7 Å². The summed E-state index contributed by atoms with van der Waals surface area (Å²) in [5.41, 5.74) is 0. The maximum absolute atomic E-state index is 9.80. The fourth-order valence-electron chi connectivity index (χ4n) is 4.98. The van der Waals surface area contributed by atoms with Gasteiger partial charge in [0.05, 0.1) is 12.2 Å². The summed E-state index contributed by atoms with van der Waals surface area (Å²) < 4.78 is 5.47. The van der Waals surface area contributed by atoms with Crippen molar-refractivity contribution in [2.24, 2.45) is 23.7 Å². The van der Waals surface area contributed by atoms with Crippen molar-refractivity contribution in [1.29, 1.82) is 0 Å². The monoisotopic (exact) mass is 378 g/mol. The molecule has 3 heteroatoms. The van der Waals surface area contributed by atoms with Crippen molar-refractivity contribution in [2.75, 3.05) is 0 Å². The highest BCUT2D eigenvalue weighted by Gasteiger charge is 2.38. The molecule has 110 valence electrons. The lowest BCUT2D eigenvalue weighted by molar-refractivity contribution is 0.0171. The molecule has 0 radical (unpaired) electrons. The van der Waals surface area contributed by atoms with Crippen LogP contribution in [-0.2, 0) is 3.07 Å². The Hall–Kier alpha value is 0.650. The molecule has 0 amide bonds. The zero-order chi connectivity index (χ0) is 13.2. The van der Waals surface area contributed by atoms with Crippen LogP contribution in [0.1, 0.15) is 64.2 Å². The standard InChI is InChI=1S/C16H27IO2/c17-19-16-7-4-11(5-8-16)12-1-2-14-10-15(18)6-3-13(14)9-12/h11-16,18H,1-10H2. The van der Waals surface area contributed by atoms with Gasteiger partial charge in [0.15, 0.2) is 0 Å². The Balaban J connectivity index is 1.51. The van der Waals surface area contributed by atoms with Gasteiger partial charge in [-0.15, -0.1) is 0 Å². The Labute approximate surface area is 131 Å². The summed E-state index contributed by atoms with van der Waals surface area (Å²) in [4.78, 5) is 0. The van der Waals surface area contributed by atoms with E-state index < -0.39 is 0 Å². The van der Waals surface area contributed by atoms with Crippen LogP contribution < -0.4 is 0 Å². The first kappa shape index (κ1) is 14.6. The van der Waals surface area contributed by atoms with Crippen LogP contribution in [0.3, 0.4) is 0 Å². The van der Waals surface area contributed by atoms with E-state index in [1.165, 1.54) is 51.4 Å². The number of fused-ring (bicyclic) bond motifs is 1. The van der Waals surface area contributed by atoms with Crippen molar-refractivity contribution >= 4 is 23.0 Å². The van der Waals surface area contributed by atoms with Crippen molar-refractivity contribution in [2.45, 2.75) is 76.4 Å². The number of rotatable bonds is 2. The largest absolute Gasteiger partial charge is 0.393 e.